The van der Waals surface area contributed by atoms with Gasteiger partial charge in [-0.25, -0.2) is 4.39 Å². The number of carbonyl (C=O) groups is 1. The summed E-state index contributed by atoms with van der Waals surface area (Å²) in [6.45, 7) is 12.3. The van der Waals surface area contributed by atoms with E-state index >= 15 is 0 Å². The molecule has 3 aromatic carbocycles. The number of methoxy groups -OCH3 is 2. The second-order valence-corrected chi connectivity index (χ2v) is 12.9. The molecule has 0 spiro atoms. The fraction of sp³-hybridized carbons (Fsp3) is 0.405. The summed E-state index contributed by atoms with van der Waals surface area (Å²) in [5.74, 6) is 1.31. The molecule has 1 aliphatic rings. The number of amides is 1. The van der Waals surface area contributed by atoms with Crippen molar-refractivity contribution < 1.29 is 18.7 Å². The van der Waals surface area contributed by atoms with Gasteiger partial charge in [0, 0.05) is 30.5 Å². The van der Waals surface area contributed by atoms with Gasteiger partial charge >= 0.3 is 0 Å². The Labute approximate surface area is 287 Å². The van der Waals surface area contributed by atoms with Crippen molar-refractivity contribution >= 4 is 5.91 Å². The fourth-order valence-electron chi connectivity index (χ4n) is 7.40. The molecular formula is C42H53FN2O3. The first-order valence-electron chi connectivity index (χ1n) is 17.3. The summed E-state index contributed by atoms with van der Waals surface area (Å²) in [5, 5.41) is 3.14. The molecule has 0 aromatic heterocycles. The molecule has 1 aliphatic heterocycles. The van der Waals surface area contributed by atoms with Crippen LogP contribution in [0.1, 0.15) is 81.2 Å². The third-order valence-electron chi connectivity index (χ3n) is 9.87. The van der Waals surface area contributed by atoms with Crippen molar-refractivity contribution in [2.45, 2.75) is 83.2 Å². The average Bonchev–Trinajstić information content (AvgIpc) is 3.10. The number of benzene rings is 3. The zero-order valence-corrected chi connectivity index (χ0v) is 29.4. The molecule has 6 heteroatoms. The lowest BCUT2D eigenvalue weighted by Gasteiger charge is -2.42. The van der Waals surface area contributed by atoms with Crippen LogP contribution in [0.15, 0.2) is 103 Å². The van der Waals surface area contributed by atoms with Crippen LogP contribution in [-0.4, -0.2) is 44.2 Å². The van der Waals surface area contributed by atoms with E-state index in [2.05, 4.69) is 98.3 Å². The molecule has 0 radical (unpaired) electrons. The number of allylic oxidation sites excluding steroid dienone is 5. The highest BCUT2D eigenvalue weighted by molar-refractivity contribution is 5.76. The van der Waals surface area contributed by atoms with Crippen molar-refractivity contribution in [1.29, 1.82) is 0 Å². The van der Waals surface area contributed by atoms with Crippen molar-refractivity contribution in [2.75, 3.05) is 27.3 Å². The standard InChI is InChI=1S/C42H53FN2O3/c1-7-14-35(15-8-2)42(36-16-10-9-11-17-36,24-12-26-44-41(46)23-20-33-18-21-37(43)22-19-33)25-13-27-45-31(3)28-34-29-39(47-5)40(48-6)30-38(34)32(45)4/h7-11,14-19,21-22,29-32H,1,12-13,20,23-28H2,2-6H3,(H,44,46)/b15-8-,35-14+. The zero-order valence-electron chi connectivity index (χ0n) is 29.4. The second kappa shape index (κ2) is 17.8. The Hall–Kier alpha value is -4.16. The Balaban J connectivity index is 1.51. The van der Waals surface area contributed by atoms with E-state index in [1.165, 1.54) is 34.4 Å². The molecule has 1 N–H and O–H groups in total. The number of aryl methyl sites for hydroxylation is 1. The fourth-order valence-corrected chi connectivity index (χ4v) is 7.40. The molecule has 0 bridgehead atoms. The van der Waals surface area contributed by atoms with Crippen molar-refractivity contribution in [3.63, 3.8) is 0 Å². The third kappa shape index (κ3) is 9.04. The van der Waals surface area contributed by atoms with Crippen LogP contribution in [0.25, 0.3) is 0 Å². The molecule has 48 heavy (non-hydrogen) atoms. The van der Waals surface area contributed by atoms with Gasteiger partial charge in [-0.1, -0.05) is 73.3 Å². The lowest BCUT2D eigenvalue weighted by atomic mass is 9.67. The summed E-state index contributed by atoms with van der Waals surface area (Å²) in [6.07, 6.45) is 14.0. The first-order chi connectivity index (χ1) is 23.3. The number of nitrogens with one attached hydrogen (secondary N) is 1. The van der Waals surface area contributed by atoms with Crippen LogP contribution >= 0.6 is 0 Å². The van der Waals surface area contributed by atoms with Crippen LogP contribution in [0.4, 0.5) is 4.39 Å². The first kappa shape index (κ1) is 36.7. The molecule has 256 valence electrons. The van der Waals surface area contributed by atoms with E-state index in [4.69, 9.17) is 9.47 Å². The summed E-state index contributed by atoms with van der Waals surface area (Å²) in [6, 6.07) is 22.1. The largest absolute Gasteiger partial charge is 0.493 e. The number of nitrogens with zero attached hydrogens (tertiary/aromatic N) is 1. The number of hydrogen-bond donors (Lipinski definition) is 1. The van der Waals surface area contributed by atoms with Gasteiger partial charge in [0.05, 0.1) is 14.2 Å². The normalized spacial score (nSPS) is 17.8. The Morgan fingerprint density at radius 3 is 2.38 bits per heavy atom. The first-order valence-corrected chi connectivity index (χ1v) is 17.3. The SMILES string of the molecule is C=C/C=C(\C=C/C)C(CCCNC(=O)CCc1ccc(F)cc1)(CCCN1C(C)Cc2cc(OC)c(OC)cc2C1C)c1ccccc1. The molecule has 1 amide bonds. The molecule has 0 saturated heterocycles. The van der Waals surface area contributed by atoms with E-state index < -0.39 is 0 Å². The molecule has 3 aromatic rings. The Kier molecular flexibility index (Phi) is 13.6. The average molecular weight is 653 g/mol. The number of fused-ring (bicyclic) bond motifs is 1. The van der Waals surface area contributed by atoms with Crippen LogP contribution < -0.4 is 14.8 Å². The maximum Gasteiger partial charge on any atom is 0.220 e. The second-order valence-electron chi connectivity index (χ2n) is 12.9. The van der Waals surface area contributed by atoms with Crippen molar-refractivity contribution in [3.05, 3.63) is 131 Å². The number of rotatable bonds is 17. The minimum Gasteiger partial charge on any atom is -0.493 e. The maximum atomic E-state index is 13.3. The lowest BCUT2D eigenvalue weighted by Crippen LogP contribution is -2.42. The maximum absolute atomic E-state index is 13.3. The van der Waals surface area contributed by atoms with E-state index in [-0.39, 0.29) is 23.2 Å². The van der Waals surface area contributed by atoms with Gasteiger partial charge in [0.2, 0.25) is 5.91 Å². The quantitative estimate of drug-likeness (QED) is 0.117. The van der Waals surface area contributed by atoms with Gasteiger partial charge in [0.15, 0.2) is 11.5 Å². The van der Waals surface area contributed by atoms with Gasteiger partial charge in [-0.3, -0.25) is 9.69 Å². The Morgan fingerprint density at radius 2 is 1.71 bits per heavy atom. The van der Waals surface area contributed by atoms with Crippen molar-refractivity contribution in [3.8, 4) is 11.5 Å². The summed E-state index contributed by atoms with van der Waals surface area (Å²) in [5.41, 5.74) is 5.84. The van der Waals surface area contributed by atoms with Crippen LogP contribution in [-0.2, 0) is 23.1 Å². The predicted octanol–water partition coefficient (Wildman–Crippen LogP) is 9.09. The molecule has 3 atom stereocenters. The van der Waals surface area contributed by atoms with Gasteiger partial charge in [0.1, 0.15) is 5.82 Å². The van der Waals surface area contributed by atoms with Crippen LogP contribution in [0.5, 0.6) is 11.5 Å². The number of halogens is 1. The van der Waals surface area contributed by atoms with Crippen molar-refractivity contribution in [1.82, 2.24) is 10.2 Å². The number of hydrogen-bond acceptors (Lipinski definition) is 4. The molecule has 0 saturated carbocycles. The third-order valence-corrected chi connectivity index (χ3v) is 9.87. The monoisotopic (exact) mass is 652 g/mol. The number of ether oxygens (including phenoxy) is 2. The molecule has 4 rings (SSSR count). The van der Waals surface area contributed by atoms with E-state index in [1.54, 1.807) is 26.4 Å². The van der Waals surface area contributed by atoms with Gasteiger partial charge in [-0.05, 0) is 118 Å². The van der Waals surface area contributed by atoms with Crippen molar-refractivity contribution in [2.24, 2.45) is 0 Å². The van der Waals surface area contributed by atoms with E-state index in [1.807, 2.05) is 6.08 Å². The molecule has 1 heterocycles. The predicted molar refractivity (Wildman–Crippen MR) is 195 cm³/mol. The molecule has 0 fully saturated rings. The summed E-state index contributed by atoms with van der Waals surface area (Å²) >= 11 is 0. The highest BCUT2D eigenvalue weighted by Crippen LogP contribution is 2.44. The summed E-state index contributed by atoms with van der Waals surface area (Å²) in [4.78, 5) is 15.4. The minimum atomic E-state index is -0.264. The minimum absolute atomic E-state index is 0.0163. The highest BCUT2D eigenvalue weighted by Gasteiger charge is 2.36. The van der Waals surface area contributed by atoms with E-state index in [9.17, 15) is 9.18 Å². The lowest BCUT2D eigenvalue weighted by molar-refractivity contribution is -0.121. The van der Waals surface area contributed by atoms with E-state index in [0.717, 1.165) is 55.7 Å². The van der Waals surface area contributed by atoms with Crippen LogP contribution in [0.3, 0.4) is 0 Å². The smallest absolute Gasteiger partial charge is 0.220 e. The zero-order chi connectivity index (χ0) is 34.5. The molecule has 3 unspecified atom stereocenters. The van der Waals surface area contributed by atoms with Gasteiger partial charge in [-0.15, -0.1) is 0 Å². The van der Waals surface area contributed by atoms with Gasteiger partial charge < -0.3 is 14.8 Å². The van der Waals surface area contributed by atoms with Crippen LogP contribution in [0.2, 0.25) is 0 Å². The van der Waals surface area contributed by atoms with Gasteiger partial charge in [0.25, 0.3) is 0 Å². The Morgan fingerprint density at radius 1 is 1.02 bits per heavy atom. The molecule has 0 aliphatic carbocycles. The Bertz CT molecular complexity index is 1550. The molecular weight excluding hydrogens is 599 g/mol. The highest BCUT2D eigenvalue weighted by atomic mass is 19.1. The number of carbonyl (C=O) groups excluding carboxylic acids is 1. The topological polar surface area (TPSA) is 50.8 Å². The summed E-state index contributed by atoms with van der Waals surface area (Å²) in [7, 11) is 3.39. The van der Waals surface area contributed by atoms with Gasteiger partial charge in [-0.2, -0.15) is 0 Å². The summed E-state index contributed by atoms with van der Waals surface area (Å²) < 4.78 is 24.5. The molecule has 5 nitrogen and oxygen atoms in total. The van der Waals surface area contributed by atoms with Crippen LogP contribution in [0, 0.1) is 5.82 Å². The van der Waals surface area contributed by atoms with E-state index in [0.29, 0.717) is 25.4 Å².